The van der Waals surface area contributed by atoms with E-state index in [1.165, 1.54) is 24.3 Å². The lowest BCUT2D eigenvalue weighted by atomic mass is 10.1. The van der Waals surface area contributed by atoms with Crippen molar-refractivity contribution in [2.75, 3.05) is 11.9 Å². The molecule has 28 heavy (non-hydrogen) atoms. The Morgan fingerprint density at radius 1 is 1.04 bits per heavy atom. The van der Waals surface area contributed by atoms with E-state index in [1.54, 1.807) is 0 Å². The van der Waals surface area contributed by atoms with Crippen LogP contribution in [-0.2, 0) is 27.7 Å². The molecule has 0 aliphatic heterocycles. The van der Waals surface area contributed by atoms with Gasteiger partial charge >= 0.3 is 0 Å². The maximum absolute atomic E-state index is 12.2. The molecule has 3 aromatic rings. The normalized spacial score (nSPS) is 11.3. The molecule has 0 atom stereocenters. The molecule has 2 aromatic carbocycles. The molecule has 1 amide bonds. The van der Waals surface area contributed by atoms with Gasteiger partial charge in [0.25, 0.3) is 5.95 Å². The largest absolute Gasteiger partial charge is 0.292 e. The van der Waals surface area contributed by atoms with Crippen molar-refractivity contribution in [1.82, 2.24) is 25.3 Å². The zero-order valence-electron chi connectivity index (χ0n) is 14.6. The molecular formula is C17H17ClN6O3S. The molecule has 0 saturated heterocycles. The number of H-pyrrole nitrogens is 1. The van der Waals surface area contributed by atoms with E-state index in [4.69, 9.17) is 11.6 Å². The summed E-state index contributed by atoms with van der Waals surface area (Å²) in [6.45, 7) is 0.253. The number of carbonyl (C=O) groups excluding carboxylic acids is 1. The zero-order chi connectivity index (χ0) is 20.0. The fourth-order valence-corrected chi connectivity index (χ4v) is 3.58. The summed E-state index contributed by atoms with van der Waals surface area (Å²) >= 11 is 5.77. The number of aromatic nitrogens is 4. The summed E-state index contributed by atoms with van der Waals surface area (Å²) in [4.78, 5) is 12.1. The second kappa shape index (κ2) is 8.91. The van der Waals surface area contributed by atoms with Crippen molar-refractivity contribution in [2.24, 2.45) is 0 Å². The Kier molecular flexibility index (Phi) is 6.34. The van der Waals surface area contributed by atoms with Crippen molar-refractivity contribution in [3.8, 4) is 0 Å². The number of halogens is 1. The highest BCUT2D eigenvalue weighted by Crippen LogP contribution is 2.14. The molecule has 0 aliphatic carbocycles. The van der Waals surface area contributed by atoms with Crippen LogP contribution in [0.15, 0.2) is 53.4 Å². The first-order valence-electron chi connectivity index (χ1n) is 8.29. The molecule has 11 heteroatoms. The minimum atomic E-state index is -3.58. The van der Waals surface area contributed by atoms with Crippen molar-refractivity contribution in [1.29, 1.82) is 0 Å². The Morgan fingerprint density at radius 3 is 2.36 bits per heavy atom. The number of aromatic amines is 1. The Bertz CT molecular complexity index is 1020. The summed E-state index contributed by atoms with van der Waals surface area (Å²) in [5.74, 6) is -0.139. The number of anilines is 1. The van der Waals surface area contributed by atoms with Crippen LogP contribution >= 0.6 is 11.6 Å². The smallest absolute Gasteiger partial charge is 0.269 e. The van der Waals surface area contributed by atoms with Gasteiger partial charge in [-0.25, -0.2) is 13.1 Å². The topological polar surface area (TPSA) is 130 Å². The molecule has 0 fully saturated rings. The molecular weight excluding hydrogens is 404 g/mol. The molecule has 9 nitrogen and oxygen atoms in total. The quantitative estimate of drug-likeness (QED) is 0.507. The summed E-state index contributed by atoms with van der Waals surface area (Å²) in [5, 5.41) is 15.9. The second-order valence-electron chi connectivity index (χ2n) is 5.88. The monoisotopic (exact) mass is 420 g/mol. The van der Waals surface area contributed by atoms with Crippen LogP contribution < -0.4 is 10.0 Å². The summed E-state index contributed by atoms with van der Waals surface area (Å²) in [7, 11) is -3.58. The van der Waals surface area contributed by atoms with Gasteiger partial charge in [0, 0.05) is 11.6 Å². The predicted octanol–water partition coefficient (Wildman–Crippen LogP) is 1.56. The van der Waals surface area contributed by atoms with Gasteiger partial charge in [0.15, 0.2) is 0 Å². The molecule has 3 rings (SSSR count). The fourth-order valence-electron chi connectivity index (χ4n) is 2.42. The van der Waals surface area contributed by atoms with E-state index in [-0.39, 0.29) is 29.7 Å². The van der Waals surface area contributed by atoms with Crippen LogP contribution in [0.2, 0.25) is 5.02 Å². The Balaban J connectivity index is 1.49. The van der Waals surface area contributed by atoms with Gasteiger partial charge in [-0.05, 0) is 47.0 Å². The van der Waals surface area contributed by atoms with Gasteiger partial charge < -0.3 is 0 Å². The maximum Gasteiger partial charge on any atom is 0.269 e. The lowest BCUT2D eigenvalue weighted by molar-refractivity contribution is -0.115. The van der Waals surface area contributed by atoms with Gasteiger partial charge in [0.2, 0.25) is 15.9 Å². The minimum Gasteiger partial charge on any atom is -0.292 e. The van der Waals surface area contributed by atoms with Gasteiger partial charge in [-0.1, -0.05) is 41.0 Å². The first-order valence-corrected chi connectivity index (χ1v) is 10.1. The Labute approximate surface area is 166 Å². The molecule has 1 aromatic heterocycles. The predicted molar refractivity (Wildman–Crippen MR) is 103 cm³/mol. The number of carbonyl (C=O) groups is 1. The van der Waals surface area contributed by atoms with Crippen molar-refractivity contribution in [3.63, 3.8) is 0 Å². The van der Waals surface area contributed by atoms with E-state index in [2.05, 4.69) is 30.7 Å². The second-order valence-corrected chi connectivity index (χ2v) is 8.08. The van der Waals surface area contributed by atoms with Gasteiger partial charge in [0.05, 0.1) is 11.3 Å². The third-order valence-electron chi connectivity index (χ3n) is 3.81. The van der Waals surface area contributed by atoms with Crippen LogP contribution in [-0.4, -0.2) is 41.5 Å². The molecule has 146 valence electrons. The SMILES string of the molecule is O=C(Cc1ccc(CCNS(=O)(=O)c2ccc(Cl)cc2)cc1)Nc1nn[nH]n1. The lowest BCUT2D eigenvalue weighted by Crippen LogP contribution is -2.25. The number of hydrogen-bond donors (Lipinski definition) is 3. The Morgan fingerprint density at radius 2 is 1.71 bits per heavy atom. The lowest BCUT2D eigenvalue weighted by Gasteiger charge is -2.08. The number of rotatable bonds is 8. The molecule has 3 N–H and O–H groups in total. The molecule has 0 spiro atoms. The molecule has 0 bridgehead atoms. The Hall–Kier alpha value is -2.82. The van der Waals surface area contributed by atoms with Crippen LogP contribution in [0.4, 0.5) is 5.95 Å². The molecule has 0 aliphatic rings. The number of tetrazole rings is 1. The van der Waals surface area contributed by atoms with E-state index in [1.807, 2.05) is 24.3 Å². The summed E-state index contributed by atoms with van der Waals surface area (Å²) in [6.07, 6.45) is 0.681. The van der Waals surface area contributed by atoms with Crippen LogP contribution in [0.5, 0.6) is 0 Å². The van der Waals surface area contributed by atoms with Crippen molar-refractivity contribution < 1.29 is 13.2 Å². The van der Waals surface area contributed by atoms with Gasteiger partial charge in [-0.2, -0.15) is 5.21 Å². The van der Waals surface area contributed by atoms with Crippen molar-refractivity contribution >= 4 is 33.5 Å². The van der Waals surface area contributed by atoms with Crippen LogP contribution in [0.1, 0.15) is 11.1 Å². The van der Waals surface area contributed by atoms with Crippen LogP contribution in [0, 0.1) is 0 Å². The maximum atomic E-state index is 12.2. The van der Waals surface area contributed by atoms with Crippen LogP contribution in [0.3, 0.4) is 0 Å². The average Bonchev–Trinajstić information content (AvgIpc) is 3.16. The average molecular weight is 421 g/mol. The van der Waals surface area contributed by atoms with Gasteiger partial charge in [-0.3, -0.25) is 10.1 Å². The zero-order valence-corrected chi connectivity index (χ0v) is 16.2. The third kappa shape index (κ3) is 5.59. The third-order valence-corrected chi connectivity index (χ3v) is 5.54. The number of hydrogen-bond acceptors (Lipinski definition) is 6. The van der Waals surface area contributed by atoms with Gasteiger partial charge in [-0.15, -0.1) is 5.10 Å². The number of nitrogens with zero attached hydrogens (tertiary/aromatic N) is 3. The van der Waals surface area contributed by atoms with E-state index >= 15 is 0 Å². The highest BCUT2D eigenvalue weighted by molar-refractivity contribution is 7.89. The first kappa shape index (κ1) is 19.9. The molecule has 0 unspecified atom stereocenters. The van der Waals surface area contributed by atoms with E-state index in [0.29, 0.717) is 11.4 Å². The number of benzene rings is 2. The number of nitrogens with one attached hydrogen (secondary N) is 3. The minimum absolute atomic E-state index is 0.120. The summed E-state index contributed by atoms with van der Waals surface area (Å²) in [5.41, 5.74) is 1.76. The molecule has 0 radical (unpaired) electrons. The van der Waals surface area contributed by atoms with Gasteiger partial charge in [0.1, 0.15) is 0 Å². The van der Waals surface area contributed by atoms with Crippen LogP contribution in [0.25, 0.3) is 0 Å². The summed E-state index contributed by atoms with van der Waals surface area (Å²) in [6, 6.07) is 13.3. The molecule has 1 heterocycles. The van der Waals surface area contributed by atoms with E-state index < -0.39 is 10.0 Å². The fraction of sp³-hybridized carbons (Fsp3) is 0.176. The highest BCUT2D eigenvalue weighted by atomic mass is 35.5. The number of sulfonamides is 1. The highest BCUT2D eigenvalue weighted by Gasteiger charge is 2.13. The number of amides is 1. The summed E-state index contributed by atoms with van der Waals surface area (Å²) < 4.78 is 27.0. The van der Waals surface area contributed by atoms with Crippen molar-refractivity contribution in [3.05, 3.63) is 64.7 Å². The van der Waals surface area contributed by atoms with E-state index in [0.717, 1.165) is 11.1 Å². The van der Waals surface area contributed by atoms with Crippen molar-refractivity contribution in [2.45, 2.75) is 17.7 Å². The standard InChI is InChI=1S/C17H17ClN6O3S/c18-14-5-7-15(8-6-14)28(26,27)19-10-9-12-1-3-13(4-2-12)11-16(25)20-17-21-23-24-22-17/h1-8,19H,9-11H2,(H2,20,21,22,23,24,25). The first-order chi connectivity index (χ1) is 13.4. The molecule has 0 saturated carbocycles. The van der Waals surface area contributed by atoms with E-state index in [9.17, 15) is 13.2 Å².